The summed E-state index contributed by atoms with van der Waals surface area (Å²) in [4.78, 5) is 9.31. The van der Waals surface area contributed by atoms with Crippen molar-refractivity contribution in [1.82, 2.24) is 9.97 Å². The second kappa shape index (κ2) is 5.04. The molecule has 0 saturated heterocycles. The van der Waals surface area contributed by atoms with E-state index in [2.05, 4.69) is 36.1 Å². The van der Waals surface area contributed by atoms with Gasteiger partial charge in [-0.3, -0.25) is 0 Å². The highest BCUT2D eigenvalue weighted by atomic mass is 32.2. The fourth-order valence-corrected chi connectivity index (χ4v) is 2.40. The lowest BCUT2D eigenvalue weighted by molar-refractivity contribution is 0.861. The molecule has 1 aliphatic carbocycles. The molecule has 0 spiro atoms. The van der Waals surface area contributed by atoms with E-state index in [4.69, 9.17) is 0 Å². The van der Waals surface area contributed by atoms with Crippen molar-refractivity contribution in [3.63, 3.8) is 0 Å². The van der Waals surface area contributed by atoms with E-state index in [0.717, 1.165) is 29.0 Å². The molecule has 1 aromatic rings. The molecule has 4 heteroatoms. The molecule has 1 aliphatic rings. The van der Waals surface area contributed by atoms with E-state index in [1.165, 1.54) is 18.4 Å². The molecule has 0 atom stereocenters. The molecule has 0 unspecified atom stereocenters. The minimum absolute atomic E-state index is 0.620. The topological polar surface area (TPSA) is 37.8 Å². The van der Waals surface area contributed by atoms with E-state index in [1.807, 2.05) is 11.8 Å². The van der Waals surface area contributed by atoms with Gasteiger partial charge in [-0.25, -0.2) is 9.97 Å². The highest BCUT2D eigenvalue weighted by Gasteiger charge is 2.28. The minimum atomic E-state index is 0.620. The van der Waals surface area contributed by atoms with Crippen molar-refractivity contribution >= 4 is 17.6 Å². The van der Waals surface area contributed by atoms with Crippen LogP contribution >= 0.6 is 11.8 Å². The molecule has 1 heterocycles. The first kappa shape index (κ1) is 11.7. The molecule has 0 amide bonds. The fourth-order valence-electron chi connectivity index (χ4n) is 1.65. The van der Waals surface area contributed by atoms with E-state index >= 15 is 0 Å². The number of nitrogens with one attached hydrogen (secondary N) is 1. The van der Waals surface area contributed by atoms with Gasteiger partial charge in [-0.15, -0.1) is 11.8 Å². The SMILES string of the molecule is CCNc1nc(C2CC2)nc(SCC)c1C. The van der Waals surface area contributed by atoms with Crippen molar-refractivity contribution in [2.24, 2.45) is 0 Å². The van der Waals surface area contributed by atoms with Gasteiger partial charge in [-0.1, -0.05) is 6.92 Å². The number of aromatic nitrogens is 2. The Hall–Kier alpha value is -0.770. The zero-order valence-electron chi connectivity index (χ0n) is 10.2. The highest BCUT2D eigenvalue weighted by Crippen LogP contribution is 2.39. The molecule has 0 radical (unpaired) electrons. The van der Waals surface area contributed by atoms with Gasteiger partial charge in [0.25, 0.3) is 0 Å². The standard InChI is InChI=1S/C12H19N3S/c1-4-13-10-8(3)12(16-5-2)15-11(14-10)9-6-7-9/h9H,4-7H2,1-3H3,(H,13,14,15). The molecule has 2 rings (SSSR count). The molecule has 3 nitrogen and oxygen atoms in total. The average Bonchev–Trinajstić information content (AvgIpc) is 3.08. The molecule has 16 heavy (non-hydrogen) atoms. The maximum Gasteiger partial charge on any atom is 0.135 e. The monoisotopic (exact) mass is 237 g/mol. The Bertz CT molecular complexity index is 348. The van der Waals surface area contributed by atoms with Crippen LogP contribution in [0.4, 0.5) is 5.82 Å². The summed E-state index contributed by atoms with van der Waals surface area (Å²) in [7, 11) is 0. The van der Waals surface area contributed by atoms with Crippen LogP contribution in [0.5, 0.6) is 0 Å². The first-order valence-corrected chi connectivity index (χ1v) is 7.00. The Morgan fingerprint density at radius 3 is 2.62 bits per heavy atom. The number of nitrogens with zero attached hydrogens (tertiary/aromatic N) is 2. The Labute approximate surface area is 101 Å². The van der Waals surface area contributed by atoms with Crippen LogP contribution in [0.1, 0.15) is 44.0 Å². The number of hydrogen-bond donors (Lipinski definition) is 1. The van der Waals surface area contributed by atoms with E-state index in [-0.39, 0.29) is 0 Å². The van der Waals surface area contributed by atoms with E-state index < -0.39 is 0 Å². The van der Waals surface area contributed by atoms with Gasteiger partial charge in [0.1, 0.15) is 16.7 Å². The summed E-state index contributed by atoms with van der Waals surface area (Å²) in [5.41, 5.74) is 1.19. The van der Waals surface area contributed by atoms with Gasteiger partial charge >= 0.3 is 0 Å². The molecule has 0 aromatic carbocycles. The van der Waals surface area contributed by atoms with Gasteiger partial charge < -0.3 is 5.32 Å². The van der Waals surface area contributed by atoms with Crippen LogP contribution in [0.3, 0.4) is 0 Å². The highest BCUT2D eigenvalue weighted by molar-refractivity contribution is 7.99. The summed E-state index contributed by atoms with van der Waals surface area (Å²) in [6.07, 6.45) is 2.51. The van der Waals surface area contributed by atoms with Crippen LogP contribution in [0.15, 0.2) is 5.03 Å². The van der Waals surface area contributed by atoms with Gasteiger partial charge in [0.05, 0.1) is 0 Å². The lowest BCUT2D eigenvalue weighted by Crippen LogP contribution is -2.07. The molecular formula is C12H19N3S. The van der Waals surface area contributed by atoms with Gasteiger partial charge in [0, 0.05) is 18.0 Å². The van der Waals surface area contributed by atoms with Gasteiger partial charge in [-0.2, -0.15) is 0 Å². The van der Waals surface area contributed by atoms with E-state index in [9.17, 15) is 0 Å². The Kier molecular flexibility index (Phi) is 3.69. The zero-order valence-corrected chi connectivity index (χ0v) is 11.0. The van der Waals surface area contributed by atoms with Crippen molar-refractivity contribution in [3.8, 4) is 0 Å². The van der Waals surface area contributed by atoms with Gasteiger partial charge in [0.2, 0.25) is 0 Å². The van der Waals surface area contributed by atoms with Crippen molar-refractivity contribution in [2.75, 3.05) is 17.6 Å². The number of rotatable bonds is 5. The molecule has 0 bridgehead atoms. The molecule has 0 aliphatic heterocycles. The Morgan fingerprint density at radius 2 is 2.06 bits per heavy atom. The molecule has 1 aromatic heterocycles. The summed E-state index contributed by atoms with van der Waals surface area (Å²) < 4.78 is 0. The number of anilines is 1. The second-order valence-corrected chi connectivity index (χ2v) is 5.35. The first-order chi connectivity index (χ1) is 7.76. The first-order valence-electron chi connectivity index (χ1n) is 6.01. The van der Waals surface area contributed by atoms with Gasteiger partial charge in [-0.05, 0) is 32.4 Å². The van der Waals surface area contributed by atoms with E-state index in [1.54, 1.807) is 0 Å². The summed E-state index contributed by atoms with van der Waals surface area (Å²) >= 11 is 1.81. The lowest BCUT2D eigenvalue weighted by atomic mass is 10.3. The maximum atomic E-state index is 4.68. The number of thioether (sulfide) groups is 1. The zero-order chi connectivity index (χ0) is 11.5. The van der Waals surface area contributed by atoms with Crippen LogP contribution in [0.25, 0.3) is 0 Å². The Balaban J connectivity index is 2.34. The third-order valence-electron chi connectivity index (χ3n) is 2.69. The number of hydrogen-bond acceptors (Lipinski definition) is 4. The van der Waals surface area contributed by atoms with Crippen molar-refractivity contribution < 1.29 is 0 Å². The molecule has 1 N–H and O–H groups in total. The third-order valence-corrected chi connectivity index (χ3v) is 3.65. The molecule has 1 saturated carbocycles. The maximum absolute atomic E-state index is 4.68. The van der Waals surface area contributed by atoms with Crippen LogP contribution in [0.2, 0.25) is 0 Å². The largest absolute Gasteiger partial charge is 0.370 e. The fraction of sp³-hybridized carbons (Fsp3) is 0.667. The molecule has 1 fully saturated rings. The third kappa shape index (κ3) is 2.48. The summed E-state index contributed by atoms with van der Waals surface area (Å²) in [6.45, 7) is 7.28. The van der Waals surface area contributed by atoms with Crippen LogP contribution in [0, 0.1) is 6.92 Å². The second-order valence-electron chi connectivity index (χ2n) is 4.10. The van der Waals surface area contributed by atoms with Crippen LogP contribution in [-0.4, -0.2) is 22.3 Å². The summed E-state index contributed by atoms with van der Waals surface area (Å²) in [6, 6.07) is 0. The van der Waals surface area contributed by atoms with Gasteiger partial charge in [0.15, 0.2) is 0 Å². The quantitative estimate of drug-likeness (QED) is 0.630. The minimum Gasteiger partial charge on any atom is -0.370 e. The Morgan fingerprint density at radius 1 is 1.31 bits per heavy atom. The van der Waals surface area contributed by atoms with Crippen molar-refractivity contribution in [3.05, 3.63) is 11.4 Å². The summed E-state index contributed by atoms with van der Waals surface area (Å²) in [5, 5.41) is 4.48. The molecular weight excluding hydrogens is 218 g/mol. The predicted octanol–water partition coefficient (Wildman–Crippen LogP) is 3.21. The smallest absolute Gasteiger partial charge is 0.135 e. The van der Waals surface area contributed by atoms with Crippen molar-refractivity contribution in [1.29, 1.82) is 0 Å². The van der Waals surface area contributed by atoms with Crippen LogP contribution in [-0.2, 0) is 0 Å². The lowest BCUT2D eigenvalue weighted by Gasteiger charge is -2.12. The predicted molar refractivity (Wildman–Crippen MR) is 69.3 cm³/mol. The van der Waals surface area contributed by atoms with Crippen LogP contribution < -0.4 is 5.32 Å². The normalized spacial score (nSPS) is 15.2. The summed E-state index contributed by atoms with van der Waals surface area (Å²) in [5.74, 6) is 3.75. The average molecular weight is 237 g/mol. The molecule has 88 valence electrons. The van der Waals surface area contributed by atoms with Crippen molar-refractivity contribution in [2.45, 2.75) is 44.6 Å². The van der Waals surface area contributed by atoms with E-state index in [0.29, 0.717) is 5.92 Å².